The first-order valence-electron chi connectivity index (χ1n) is 9.46. The minimum Gasteiger partial charge on any atom is -0.497 e. The minimum absolute atomic E-state index is 0.154. The fraction of sp³-hybridized carbons (Fsp3) is 0.409. The zero-order valence-electron chi connectivity index (χ0n) is 17.1. The van der Waals surface area contributed by atoms with Gasteiger partial charge in [0, 0.05) is 4.47 Å². The number of benzene rings is 2. The molecular weight excluding hydrogens is 463 g/mol. The maximum absolute atomic E-state index is 14.0. The first-order valence-corrected chi connectivity index (χ1v) is 10.3. The summed E-state index contributed by atoms with van der Waals surface area (Å²) in [5, 5.41) is 0. The lowest BCUT2D eigenvalue weighted by atomic mass is 9.89. The Kier molecular flexibility index (Phi) is 6.09. The summed E-state index contributed by atoms with van der Waals surface area (Å²) < 4.78 is 53.0. The van der Waals surface area contributed by atoms with Crippen LogP contribution in [0.4, 0.5) is 23.7 Å². The number of alkyl halides is 3. The van der Waals surface area contributed by atoms with Crippen molar-refractivity contribution in [3.05, 3.63) is 57.6 Å². The molecule has 2 aromatic rings. The number of halogens is 4. The number of ether oxygens (including phenoxy) is 2. The van der Waals surface area contributed by atoms with E-state index in [0.717, 1.165) is 11.0 Å². The van der Waals surface area contributed by atoms with Crippen molar-refractivity contribution in [2.24, 2.45) is 0 Å². The topological polar surface area (TPSA) is 38.8 Å². The monoisotopic (exact) mass is 485 g/mol. The Morgan fingerprint density at radius 2 is 1.87 bits per heavy atom. The van der Waals surface area contributed by atoms with Crippen molar-refractivity contribution in [3.63, 3.8) is 0 Å². The van der Waals surface area contributed by atoms with E-state index in [1.165, 1.54) is 7.11 Å². The largest absolute Gasteiger partial charge is 0.497 e. The summed E-state index contributed by atoms with van der Waals surface area (Å²) in [5.41, 5.74) is -0.755. The average Bonchev–Trinajstić information content (AvgIpc) is 2.64. The molecule has 1 amide bonds. The van der Waals surface area contributed by atoms with Gasteiger partial charge in [-0.05, 0) is 69.0 Å². The number of anilines is 1. The van der Waals surface area contributed by atoms with Crippen LogP contribution in [-0.4, -0.2) is 18.8 Å². The molecule has 0 N–H and O–H groups in total. The van der Waals surface area contributed by atoms with Crippen LogP contribution in [0.2, 0.25) is 0 Å². The van der Waals surface area contributed by atoms with Crippen molar-refractivity contribution < 1.29 is 27.4 Å². The Morgan fingerprint density at radius 3 is 2.47 bits per heavy atom. The maximum atomic E-state index is 14.0. The van der Waals surface area contributed by atoms with Gasteiger partial charge in [-0.3, -0.25) is 4.90 Å². The van der Waals surface area contributed by atoms with E-state index in [0.29, 0.717) is 34.2 Å². The molecule has 162 valence electrons. The molecule has 3 rings (SSSR count). The van der Waals surface area contributed by atoms with E-state index in [1.54, 1.807) is 51.1 Å². The molecule has 1 heterocycles. The van der Waals surface area contributed by atoms with E-state index in [2.05, 4.69) is 15.9 Å². The number of carbonyl (C=O) groups is 1. The zero-order chi connectivity index (χ0) is 22.3. The number of amides is 1. The molecule has 0 aromatic heterocycles. The first-order chi connectivity index (χ1) is 13.9. The van der Waals surface area contributed by atoms with Crippen LogP contribution in [-0.2, 0) is 17.3 Å². The van der Waals surface area contributed by atoms with Gasteiger partial charge in [0.25, 0.3) is 0 Å². The molecule has 8 heteroatoms. The number of hydrogen-bond donors (Lipinski definition) is 0. The van der Waals surface area contributed by atoms with Crippen LogP contribution < -0.4 is 9.64 Å². The lowest BCUT2D eigenvalue weighted by Gasteiger charge is -2.39. The number of methoxy groups -OCH3 is 1. The van der Waals surface area contributed by atoms with Gasteiger partial charge in [0.15, 0.2) is 0 Å². The molecule has 1 atom stereocenters. The van der Waals surface area contributed by atoms with Crippen LogP contribution in [0.1, 0.15) is 49.9 Å². The molecule has 0 radical (unpaired) electrons. The number of nitrogens with zero attached hydrogens (tertiary/aromatic N) is 1. The van der Waals surface area contributed by atoms with Crippen molar-refractivity contribution in [3.8, 4) is 5.75 Å². The third-order valence-electron chi connectivity index (χ3n) is 4.77. The maximum Gasteiger partial charge on any atom is 0.418 e. The van der Waals surface area contributed by atoms with Crippen LogP contribution in [0.3, 0.4) is 0 Å². The quantitative estimate of drug-likeness (QED) is 0.463. The molecule has 1 aliphatic rings. The Labute approximate surface area is 182 Å². The van der Waals surface area contributed by atoms with Crippen molar-refractivity contribution in [2.45, 2.75) is 51.4 Å². The first kappa shape index (κ1) is 22.5. The lowest BCUT2D eigenvalue weighted by Crippen LogP contribution is -2.43. The molecule has 0 bridgehead atoms. The molecule has 0 saturated carbocycles. The Bertz CT molecular complexity index is 954. The molecule has 1 aliphatic heterocycles. The third kappa shape index (κ3) is 4.74. The predicted octanol–water partition coefficient (Wildman–Crippen LogP) is 6.91. The minimum atomic E-state index is -4.63. The van der Waals surface area contributed by atoms with Gasteiger partial charge in [0.1, 0.15) is 11.4 Å². The van der Waals surface area contributed by atoms with Gasteiger partial charge < -0.3 is 9.47 Å². The highest BCUT2D eigenvalue weighted by Crippen LogP contribution is 2.48. The van der Waals surface area contributed by atoms with Gasteiger partial charge >= 0.3 is 12.3 Å². The second-order valence-corrected chi connectivity index (χ2v) is 9.06. The molecule has 30 heavy (non-hydrogen) atoms. The number of aryl methyl sites for hydroxylation is 1. The summed E-state index contributed by atoms with van der Waals surface area (Å²) in [5.74, 6) is 0.564. The Hall–Kier alpha value is -2.22. The normalized spacial score (nSPS) is 16.8. The highest BCUT2D eigenvalue weighted by Gasteiger charge is 2.43. The standard InChI is InChI=1S/C22H23BrF3NO3/c1-21(2,3)30-20(28)27-18(13-6-5-7-16(11-13)29-4)9-8-14-10-15(23)12-17(19(14)27)22(24,25)26/h5-7,10-12,18H,8-9H2,1-4H3. The Morgan fingerprint density at radius 1 is 1.17 bits per heavy atom. The number of fused-ring (bicyclic) bond motifs is 1. The summed E-state index contributed by atoms with van der Waals surface area (Å²) in [6.07, 6.45) is -4.61. The van der Waals surface area contributed by atoms with Crippen molar-refractivity contribution in [1.29, 1.82) is 0 Å². The van der Waals surface area contributed by atoms with Gasteiger partial charge in [0.2, 0.25) is 0 Å². The molecule has 0 aliphatic carbocycles. The smallest absolute Gasteiger partial charge is 0.418 e. The van der Waals surface area contributed by atoms with Gasteiger partial charge in [0.05, 0.1) is 24.4 Å². The second-order valence-electron chi connectivity index (χ2n) is 8.14. The van der Waals surface area contributed by atoms with Crippen LogP contribution >= 0.6 is 15.9 Å². The molecule has 0 saturated heterocycles. The van der Waals surface area contributed by atoms with E-state index >= 15 is 0 Å². The fourth-order valence-electron chi connectivity index (χ4n) is 3.62. The summed E-state index contributed by atoms with van der Waals surface area (Å²) in [6, 6.07) is 9.03. The molecular formula is C22H23BrF3NO3. The van der Waals surface area contributed by atoms with Crippen LogP contribution in [0, 0.1) is 0 Å². The van der Waals surface area contributed by atoms with E-state index in [9.17, 15) is 18.0 Å². The molecule has 4 nitrogen and oxygen atoms in total. The highest BCUT2D eigenvalue weighted by molar-refractivity contribution is 9.10. The lowest BCUT2D eigenvalue weighted by molar-refractivity contribution is -0.137. The van der Waals surface area contributed by atoms with Crippen molar-refractivity contribution in [2.75, 3.05) is 12.0 Å². The molecule has 1 unspecified atom stereocenters. The van der Waals surface area contributed by atoms with E-state index < -0.39 is 29.5 Å². The molecule has 2 aromatic carbocycles. The van der Waals surface area contributed by atoms with Gasteiger partial charge in [-0.1, -0.05) is 28.1 Å². The summed E-state index contributed by atoms with van der Waals surface area (Å²) in [4.78, 5) is 14.3. The third-order valence-corrected chi connectivity index (χ3v) is 5.23. The Balaban J connectivity index is 2.21. The summed E-state index contributed by atoms with van der Waals surface area (Å²) in [6.45, 7) is 5.05. The van der Waals surface area contributed by atoms with Crippen LogP contribution in [0.5, 0.6) is 5.75 Å². The SMILES string of the molecule is COc1cccc(C2CCc3cc(Br)cc(C(F)(F)F)c3N2C(=O)OC(C)(C)C)c1. The average molecular weight is 486 g/mol. The van der Waals surface area contributed by atoms with Gasteiger partial charge in [-0.2, -0.15) is 13.2 Å². The highest BCUT2D eigenvalue weighted by atomic mass is 79.9. The number of hydrogen-bond acceptors (Lipinski definition) is 3. The second kappa shape index (κ2) is 8.13. The number of carbonyl (C=O) groups excluding carboxylic acids is 1. The summed E-state index contributed by atoms with van der Waals surface area (Å²) in [7, 11) is 1.51. The van der Waals surface area contributed by atoms with Crippen molar-refractivity contribution >= 4 is 27.7 Å². The van der Waals surface area contributed by atoms with Gasteiger partial charge in [-0.15, -0.1) is 0 Å². The predicted molar refractivity (Wildman–Crippen MR) is 112 cm³/mol. The molecule has 0 spiro atoms. The summed E-state index contributed by atoms with van der Waals surface area (Å²) >= 11 is 3.17. The van der Waals surface area contributed by atoms with E-state index in [-0.39, 0.29) is 5.69 Å². The van der Waals surface area contributed by atoms with Crippen molar-refractivity contribution in [1.82, 2.24) is 0 Å². The van der Waals surface area contributed by atoms with Gasteiger partial charge in [-0.25, -0.2) is 4.79 Å². The fourth-order valence-corrected chi connectivity index (χ4v) is 4.12. The van der Waals surface area contributed by atoms with E-state index in [4.69, 9.17) is 9.47 Å². The van der Waals surface area contributed by atoms with Crippen LogP contribution in [0.15, 0.2) is 40.9 Å². The zero-order valence-corrected chi connectivity index (χ0v) is 18.7. The van der Waals surface area contributed by atoms with Crippen LogP contribution in [0.25, 0.3) is 0 Å². The number of rotatable bonds is 2. The molecule has 0 fully saturated rings. The van der Waals surface area contributed by atoms with E-state index in [1.807, 2.05) is 0 Å².